The summed E-state index contributed by atoms with van der Waals surface area (Å²) in [6.07, 6.45) is -4.30. The van der Waals surface area contributed by atoms with Crippen molar-refractivity contribution in [3.05, 3.63) is 59.7 Å². The van der Waals surface area contributed by atoms with Crippen molar-refractivity contribution in [2.45, 2.75) is 11.1 Å². The summed E-state index contributed by atoms with van der Waals surface area (Å²) in [5.74, 6) is -2.16. The maximum Gasteiger partial charge on any atom is 0.398 e. The quantitative estimate of drug-likeness (QED) is 0.805. The first-order valence-corrected chi connectivity index (χ1v) is 7.74. The van der Waals surface area contributed by atoms with E-state index in [0.717, 1.165) is 0 Å². The number of rotatable bonds is 5. The van der Waals surface area contributed by atoms with Crippen LogP contribution >= 0.6 is 11.8 Å². The molecule has 2 aromatic rings. The number of primary amides is 1. The molecule has 4 nitrogen and oxygen atoms in total. The highest BCUT2D eigenvalue weighted by Gasteiger charge is 2.27. The summed E-state index contributed by atoms with van der Waals surface area (Å²) >= 11 is 0.597. The summed E-state index contributed by atoms with van der Waals surface area (Å²) in [6.45, 7) is 0. The van der Waals surface area contributed by atoms with Crippen LogP contribution in [0.1, 0.15) is 20.7 Å². The third-order valence-corrected chi connectivity index (χ3v) is 4.10. The zero-order chi connectivity index (χ0) is 17.7. The predicted octanol–water partition coefficient (Wildman–Crippen LogP) is 3.69. The Morgan fingerprint density at radius 2 is 1.58 bits per heavy atom. The second kappa shape index (κ2) is 7.39. The Labute approximate surface area is 140 Å². The highest BCUT2D eigenvalue weighted by atomic mass is 32.2. The number of nitrogens with two attached hydrogens (primary N) is 1. The molecule has 0 aliphatic carbocycles. The minimum Gasteiger partial charge on any atom is -0.366 e. The van der Waals surface area contributed by atoms with Crippen molar-refractivity contribution in [1.82, 2.24) is 0 Å². The average molecular weight is 354 g/mol. The molecule has 0 unspecified atom stereocenters. The summed E-state index contributed by atoms with van der Waals surface area (Å²) in [6, 6.07) is 11.9. The fourth-order valence-corrected chi connectivity index (χ4v) is 2.60. The van der Waals surface area contributed by atoms with Gasteiger partial charge in [-0.05, 0) is 36.4 Å². The van der Waals surface area contributed by atoms with E-state index in [4.69, 9.17) is 5.73 Å². The summed E-state index contributed by atoms with van der Waals surface area (Å²) in [5, 5.41) is 2.57. The summed E-state index contributed by atoms with van der Waals surface area (Å²) < 4.78 is 37.1. The van der Waals surface area contributed by atoms with Gasteiger partial charge in [-0.15, -0.1) is 11.8 Å². The van der Waals surface area contributed by atoms with Crippen LogP contribution in [0.25, 0.3) is 0 Å². The zero-order valence-corrected chi connectivity index (χ0v) is 13.1. The molecule has 0 bridgehead atoms. The van der Waals surface area contributed by atoms with E-state index in [2.05, 4.69) is 5.32 Å². The maximum absolute atomic E-state index is 12.4. The molecule has 0 saturated carbocycles. The van der Waals surface area contributed by atoms with Gasteiger partial charge in [0.15, 0.2) is 0 Å². The van der Waals surface area contributed by atoms with E-state index in [9.17, 15) is 22.8 Å². The first-order chi connectivity index (χ1) is 11.3. The van der Waals surface area contributed by atoms with Crippen molar-refractivity contribution in [2.24, 2.45) is 5.73 Å². The van der Waals surface area contributed by atoms with E-state index >= 15 is 0 Å². The van der Waals surface area contributed by atoms with Crippen LogP contribution in [0.3, 0.4) is 0 Å². The number of amides is 2. The number of carbonyl (C=O) groups is 2. The molecule has 126 valence electrons. The molecule has 0 heterocycles. The van der Waals surface area contributed by atoms with Crippen molar-refractivity contribution in [2.75, 3.05) is 11.1 Å². The van der Waals surface area contributed by atoms with Gasteiger partial charge in [0.2, 0.25) is 5.91 Å². The predicted molar refractivity (Wildman–Crippen MR) is 86.1 cm³/mol. The first kappa shape index (κ1) is 17.9. The number of benzene rings is 2. The van der Waals surface area contributed by atoms with Crippen LogP contribution in [0.5, 0.6) is 0 Å². The SMILES string of the molecule is NC(=O)c1ccc(C(=O)Nc2ccccc2SCC(F)(F)F)cc1. The molecule has 0 fully saturated rings. The van der Waals surface area contributed by atoms with Crippen molar-refractivity contribution in [1.29, 1.82) is 0 Å². The van der Waals surface area contributed by atoms with Gasteiger partial charge in [-0.3, -0.25) is 9.59 Å². The van der Waals surface area contributed by atoms with Crippen molar-refractivity contribution >= 4 is 29.3 Å². The van der Waals surface area contributed by atoms with E-state index in [1.165, 1.54) is 36.4 Å². The van der Waals surface area contributed by atoms with Gasteiger partial charge in [0.05, 0.1) is 11.4 Å². The minimum absolute atomic E-state index is 0.257. The highest BCUT2D eigenvalue weighted by Crippen LogP contribution is 2.32. The number of anilines is 1. The van der Waals surface area contributed by atoms with Gasteiger partial charge < -0.3 is 11.1 Å². The molecule has 2 aromatic carbocycles. The monoisotopic (exact) mass is 354 g/mol. The molecule has 0 aliphatic heterocycles. The van der Waals surface area contributed by atoms with Gasteiger partial charge in [0, 0.05) is 16.0 Å². The van der Waals surface area contributed by atoms with E-state index in [0.29, 0.717) is 16.7 Å². The standard InChI is InChI=1S/C16H13F3N2O2S/c17-16(18,19)9-24-13-4-2-1-3-12(13)21-15(23)11-7-5-10(6-8-11)14(20)22/h1-8H,9H2,(H2,20,22)(H,21,23). The van der Waals surface area contributed by atoms with Crippen LogP contribution in [0, 0.1) is 0 Å². The Morgan fingerprint density at radius 3 is 2.17 bits per heavy atom. The topological polar surface area (TPSA) is 72.2 Å². The highest BCUT2D eigenvalue weighted by molar-refractivity contribution is 7.99. The smallest absolute Gasteiger partial charge is 0.366 e. The number of hydrogen-bond acceptors (Lipinski definition) is 3. The number of nitrogens with one attached hydrogen (secondary N) is 1. The lowest BCUT2D eigenvalue weighted by atomic mass is 10.1. The van der Waals surface area contributed by atoms with Crippen LogP contribution in [-0.4, -0.2) is 23.7 Å². The van der Waals surface area contributed by atoms with Crippen LogP contribution in [0.2, 0.25) is 0 Å². The largest absolute Gasteiger partial charge is 0.398 e. The molecular formula is C16H13F3N2O2S. The molecule has 0 spiro atoms. The third-order valence-electron chi connectivity index (χ3n) is 2.96. The number of para-hydroxylation sites is 1. The number of carbonyl (C=O) groups excluding carboxylic acids is 2. The second-order valence-corrected chi connectivity index (χ2v) is 5.81. The molecule has 0 atom stereocenters. The Hall–Kier alpha value is -2.48. The second-order valence-electron chi connectivity index (χ2n) is 4.80. The first-order valence-electron chi connectivity index (χ1n) is 6.76. The molecule has 0 aliphatic rings. The molecular weight excluding hydrogens is 341 g/mol. The Morgan fingerprint density at radius 1 is 1.00 bits per heavy atom. The molecule has 2 amide bonds. The summed E-state index contributed by atoms with van der Waals surface area (Å²) in [4.78, 5) is 23.5. The van der Waals surface area contributed by atoms with Crippen LogP contribution in [-0.2, 0) is 0 Å². The van der Waals surface area contributed by atoms with Crippen molar-refractivity contribution in [3.63, 3.8) is 0 Å². The lowest BCUT2D eigenvalue weighted by Crippen LogP contribution is -2.15. The molecule has 0 aromatic heterocycles. The van der Waals surface area contributed by atoms with E-state index in [-0.39, 0.29) is 16.8 Å². The fraction of sp³-hybridized carbons (Fsp3) is 0.125. The Bertz CT molecular complexity index is 746. The van der Waals surface area contributed by atoms with Gasteiger partial charge >= 0.3 is 6.18 Å². The normalized spacial score (nSPS) is 11.1. The maximum atomic E-state index is 12.4. The molecule has 3 N–H and O–H groups in total. The summed E-state index contributed by atoms with van der Waals surface area (Å²) in [7, 11) is 0. The third kappa shape index (κ3) is 5.02. The number of thioether (sulfide) groups is 1. The van der Waals surface area contributed by atoms with Crippen molar-refractivity contribution < 1.29 is 22.8 Å². The van der Waals surface area contributed by atoms with Crippen molar-refractivity contribution in [3.8, 4) is 0 Å². The summed E-state index contributed by atoms with van der Waals surface area (Å²) in [5.41, 5.74) is 5.92. The molecule has 0 radical (unpaired) electrons. The van der Waals surface area contributed by atoms with Crippen LogP contribution in [0.15, 0.2) is 53.4 Å². The van der Waals surface area contributed by atoms with Gasteiger partial charge in [0.1, 0.15) is 0 Å². The van der Waals surface area contributed by atoms with Gasteiger partial charge in [-0.2, -0.15) is 13.2 Å². The molecule has 2 rings (SSSR count). The van der Waals surface area contributed by atoms with E-state index in [1.807, 2.05) is 0 Å². The fourth-order valence-electron chi connectivity index (χ4n) is 1.84. The zero-order valence-electron chi connectivity index (χ0n) is 12.3. The number of hydrogen-bond donors (Lipinski definition) is 2. The lowest BCUT2D eigenvalue weighted by Gasteiger charge is -2.12. The van der Waals surface area contributed by atoms with E-state index < -0.39 is 23.7 Å². The van der Waals surface area contributed by atoms with Crippen LogP contribution < -0.4 is 11.1 Å². The average Bonchev–Trinajstić information content (AvgIpc) is 2.53. The number of halogens is 3. The van der Waals surface area contributed by atoms with Gasteiger partial charge in [-0.25, -0.2) is 0 Å². The number of alkyl halides is 3. The van der Waals surface area contributed by atoms with Gasteiger partial charge in [-0.1, -0.05) is 12.1 Å². The van der Waals surface area contributed by atoms with E-state index in [1.54, 1.807) is 12.1 Å². The Kier molecular flexibility index (Phi) is 5.50. The minimum atomic E-state index is -4.30. The van der Waals surface area contributed by atoms with Gasteiger partial charge in [0.25, 0.3) is 5.91 Å². The molecule has 0 saturated heterocycles. The molecule has 8 heteroatoms. The molecule has 24 heavy (non-hydrogen) atoms. The Balaban J connectivity index is 2.12. The lowest BCUT2D eigenvalue weighted by molar-refractivity contribution is -0.105. The van der Waals surface area contributed by atoms with Crippen LogP contribution in [0.4, 0.5) is 18.9 Å².